The Labute approximate surface area is 151 Å². The number of aromatic nitrogens is 2. The average Bonchev–Trinajstić information content (AvgIpc) is 2.98. The summed E-state index contributed by atoms with van der Waals surface area (Å²) in [5.74, 6) is -0.231. The molecule has 1 aliphatic heterocycles. The predicted octanol–water partition coefficient (Wildman–Crippen LogP) is 2.63. The van der Waals surface area contributed by atoms with Crippen LogP contribution in [0.5, 0.6) is 0 Å². The maximum atomic E-state index is 12.8. The third-order valence-corrected chi connectivity index (χ3v) is 6.39. The molecule has 1 aromatic heterocycles. The number of hydrogen-bond acceptors (Lipinski definition) is 4. The molecule has 0 N–H and O–H groups in total. The molecule has 1 atom stereocenters. The fourth-order valence-corrected chi connectivity index (χ4v) is 4.89. The van der Waals surface area contributed by atoms with E-state index in [2.05, 4.69) is 5.10 Å². The molecule has 0 saturated carbocycles. The van der Waals surface area contributed by atoms with Crippen molar-refractivity contribution in [2.45, 2.75) is 11.9 Å². The molecular formula is C15H17Cl2N3O3S. The van der Waals surface area contributed by atoms with E-state index in [4.69, 9.17) is 27.9 Å². The number of nitrogens with zero attached hydrogens (tertiary/aromatic N) is 3. The molecule has 0 radical (unpaired) electrons. The van der Waals surface area contributed by atoms with E-state index in [0.29, 0.717) is 28.8 Å². The first-order chi connectivity index (χ1) is 11.4. The van der Waals surface area contributed by atoms with Crippen molar-refractivity contribution >= 4 is 33.2 Å². The zero-order valence-corrected chi connectivity index (χ0v) is 15.4. The van der Waals surface area contributed by atoms with Crippen molar-refractivity contribution in [1.29, 1.82) is 0 Å². The summed E-state index contributed by atoms with van der Waals surface area (Å²) in [7, 11) is -1.75. The maximum absolute atomic E-state index is 12.8. The number of morpholine rings is 1. The predicted molar refractivity (Wildman–Crippen MR) is 92.6 cm³/mol. The van der Waals surface area contributed by atoms with Gasteiger partial charge in [-0.05, 0) is 12.1 Å². The van der Waals surface area contributed by atoms with Crippen molar-refractivity contribution in [1.82, 2.24) is 14.1 Å². The van der Waals surface area contributed by atoms with Gasteiger partial charge in [-0.3, -0.25) is 4.68 Å². The Morgan fingerprint density at radius 2 is 2.04 bits per heavy atom. The molecule has 0 aliphatic carbocycles. The molecule has 1 fully saturated rings. The first-order valence-corrected chi connectivity index (χ1v) is 9.74. The lowest BCUT2D eigenvalue weighted by Crippen LogP contribution is -2.42. The van der Waals surface area contributed by atoms with Crippen molar-refractivity contribution in [3.05, 3.63) is 51.8 Å². The van der Waals surface area contributed by atoms with Gasteiger partial charge in [0, 0.05) is 47.5 Å². The molecule has 0 amide bonds. The van der Waals surface area contributed by atoms with Crippen molar-refractivity contribution in [3.63, 3.8) is 0 Å². The number of ether oxygens (including phenoxy) is 1. The Bertz CT molecular complexity index is 818. The van der Waals surface area contributed by atoms with E-state index in [0.717, 1.165) is 5.56 Å². The number of aryl methyl sites for hydroxylation is 1. The Balaban J connectivity index is 1.79. The molecule has 3 rings (SSSR count). The maximum Gasteiger partial charge on any atom is 0.218 e. The van der Waals surface area contributed by atoms with Crippen LogP contribution in [-0.4, -0.2) is 42.2 Å². The molecule has 0 bridgehead atoms. The van der Waals surface area contributed by atoms with Crippen molar-refractivity contribution in [2.75, 3.05) is 19.7 Å². The fourth-order valence-electron chi connectivity index (χ4n) is 2.63. The summed E-state index contributed by atoms with van der Waals surface area (Å²) in [5, 5.41) is 4.80. The van der Waals surface area contributed by atoms with Crippen LogP contribution < -0.4 is 0 Å². The summed E-state index contributed by atoms with van der Waals surface area (Å²) in [6, 6.07) is 4.96. The minimum absolute atomic E-state index is 0.231. The topological polar surface area (TPSA) is 64.4 Å². The minimum atomic E-state index is -3.56. The molecule has 24 heavy (non-hydrogen) atoms. The number of halogens is 2. The summed E-state index contributed by atoms with van der Waals surface area (Å²) in [5.41, 5.74) is 1.28. The normalized spacial score (nSPS) is 19.5. The largest absolute Gasteiger partial charge is 0.371 e. The van der Waals surface area contributed by atoms with Crippen LogP contribution in [0.1, 0.15) is 17.2 Å². The van der Waals surface area contributed by atoms with Crippen LogP contribution in [0.25, 0.3) is 0 Å². The molecule has 2 heterocycles. The summed E-state index contributed by atoms with van der Waals surface area (Å²) in [6.45, 7) is 0.881. The summed E-state index contributed by atoms with van der Waals surface area (Å²) < 4.78 is 34.3. The van der Waals surface area contributed by atoms with E-state index in [9.17, 15) is 8.42 Å². The average molecular weight is 390 g/mol. The van der Waals surface area contributed by atoms with Gasteiger partial charge in [-0.25, -0.2) is 8.42 Å². The lowest BCUT2D eigenvalue weighted by Gasteiger charge is -2.31. The van der Waals surface area contributed by atoms with Crippen LogP contribution in [0.2, 0.25) is 10.0 Å². The smallest absolute Gasteiger partial charge is 0.218 e. The Morgan fingerprint density at radius 1 is 1.33 bits per heavy atom. The zero-order valence-electron chi connectivity index (χ0n) is 13.0. The minimum Gasteiger partial charge on any atom is -0.371 e. The zero-order chi connectivity index (χ0) is 17.3. The number of rotatable bonds is 4. The fraction of sp³-hybridized carbons (Fsp3) is 0.400. The number of benzene rings is 1. The Kier molecular flexibility index (Phi) is 5.17. The molecule has 2 aromatic rings. The highest BCUT2D eigenvalue weighted by molar-refractivity contribution is 7.88. The van der Waals surface area contributed by atoms with E-state index in [-0.39, 0.29) is 18.4 Å². The van der Waals surface area contributed by atoms with Crippen molar-refractivity contribution in [3.8, 4) is 0 Å². The van der Waals surface area contributed by atoms with Crippen LogP contribution in [-0.2, 0) is 27.6 Å². The highest BCUT2D eigenvalue weighted by Gasteiger charge is 2.31. The monoisotopic (exact) mass is 389 g/mol. The second-order valence-corrected chi connectivity index (χ2v) is 8.40. The van der Waals surface area contributed by atoms with Gasteiger partial charge in [0.25, 0.3) is 0 Å². The van der Waals surface area contributed by atoms with Crippen LogP contribution in [0, 0.1) is 0 Å². The molecule has 9 heteroatoms. The van der Waals surface area contributed by atoms with Gasteiger partial charge < -0.3 is 4.74 Å². The van der Waals surface area contributed by atoms with Crippen molar-refractivity contribution in [2.24, 2.45) is 7.05 Å². The molecule has 0 spiro atoms. The molecule has 1 aromatic carbocycles. The first-order valence-electron chi connectivity index (χ1n) is 7.37. The third-order valence-electron chi connectivity index (χ3n) is 3.91. The lowest BCUT2D eigenvalue weighted by atomic mass is 10.2. The highest BCUT2D eigenvalue weighted by Crippen LogP contribution is 2.29. The van der Waals surface area contributed by atoms with E-state index in [1.807, 2.05) is 6.20 Å². The molecule has 1 saturated heterocycles. The second-order valence-electron chi connectivity index (χ2n) is 5.62. The summed E-state index contributed by atoms with van der Waals surface area (Å²) in [6.07, 6.45) is 3.18. The standard InChI is InChI=1S/C15H17Cl2N3O3S/c1-19-8-11(7-18-19)15-9-20(5-6-23-15)24(21,22)10-12-13(16)3-2-4-14(12)17/h2-4,7-8,15H,5-6,9-10H2,1H3/t15-/m1/s1. The first kappa shape index (κ1) is 17.7. The third kappa shape index (κ3) is 3.75. The van der Waals surface area contributed by atoms with E-state index in [1.165, 1.54) is 4.31 Å². The van der Waals surface area contributed by atoms with Gasteiger partial charge in [0.15, 0.2) is 0 Å². The van der Waals surface area contributed by atoms with Crippen LogP contribution in [0.4, 0.5) is 0 Å². The molecule has 1 aliphatic rings. The second kappa shape index (κ2) is 7.01. The molecular weight excluding hydrogens is 373 g/mol. The van der Waals surface area contributed by atoms with E-state index < -0.39 is 10.0 Å². The molecule has 130 valence electrons. The van der Waals surface area contributed by atoms with Crippen LogP contribution >= 0.6 is 23.2 Å². The van der Waals surface area contributed by atoms with Gasteiger partial charge >= 0.3 is 0 Å². The van der Waals surface area contributed by atoms with E-state index in [1.54, 1.807) is 36.1 Å². The van der Waals surface area contributed by atoms with Crippen molar-refractivity contribution < 1.29 is 13.2 Å². The van der Waals surface area contributed by atoms with Crippen LogP contribution in [0.15, 0.2) is 30.6 Å². The van der Waals surface area contributed by atoms with Gasteiger partial charge in [-0.1, -0.05) is 29.3 Å². The van der Waals surface area contributed by atoms with Gasteiger partial charge in [0.05, 0.1) is 24.7 Å². The quantitative estimate of drug-likeness (QED) is 0.805. The number of hydrogen-bond donors (Lipinski definition) is 0. The highest BCUT2D eigenvalue weighted by atomic mass is 35.5. The Hall–Kier alpha value is -1.12. The van der Waals surface area contributed by atoms with Crippen LogP contribution in [0.3, 0.4) is 0 Å². The summed E-state index contributed by atoms with van der Waals surface area (Å²) >= 11 is 12.2. The SMILES string of the molecule is Cn1cc([C@H]2CN(S(=O)(=O)Cc3c(Cl)cccc3Cl)CCO2)cn1. The van der Waals surface area contributed by atoms with Gasteiger partial charge in [0.2, 0.25) is 10.0 Å². The summed E-state index contributed by atoms with van der Waals surface area (Å²) in [4.78, 5) is 0. The van der Waals surface area contributed by atoms with Gasteiger partial charge in [-0.2, -0.15) is 9.40 Å². The molecule has 6 nitrogen and oxygen atoms in total. The van der Waals surface area contributed by atoms with Gasteiger partial charge in [-0.15, -0.1) is 0 Å². The lowest BCUT2D eigenvalue weighted by molar-refractivity contribution is -0.00263. The van der Waals surface area contributed by atoms with E-state index >= 15 is 0 Å². The van der Waals surface area contributed by atoms with Gasteiger partial charge in [0.1, 0.15) is 0 Å². The number of sulfonamides is 1. The Morgan fingerprint density at radius 3 is 2.67 bits per heavy atom. The molecule has 0 unspecified atom stereocenters.